The van der Waals surface area contributed by atoms with Crippen LogP contribution in [0, 0.1) is 0 Å². The summed E-state index contributed by atoms with van der Waals surface area (Å²) in [5, 5.41) is 8.23. The Labute approximate surface area is 180 Å². The van der Waals surface area contributed by atoms with Crippen molar-refractivity contribution in [2.24, 2.45) is 5.73 Å². The number of nitrogens with zero attached hydrogens (tertiary/aromatic N) is 1. The summed E-state index contributed by atoms with van der Waals surface area (Å²) in [5.74, 6) is -0.403. The molecule has 2 aliphatic rings. The highest BCUT2D eigenvalue weighted by molar-refractivity contribution is 6.35. The van der Waals surface area contributed by atoms with Crippen molar-refractivity contribution in [1.29, 1.82) is 0 Å². The lowest BCUT2D eigenvalue weighted by Crippen LogP contribution is -2.28. The lowest BCUT2D eigenvalue weighted by molar-refractivity contribution is -0.110. The molecule has 9 nitrogen and oxygen atoms in total. The smallest absolute Gasteiger partial charge is 0.316 e. The molecule has 2 aliphatic heterocycles. The van der Waals surface area contributed by atoms with E-state index in [9.17, 15) is 14.4 Å². The fourth-order valence-corrected chi connectivity index (χ4v) is 3.95. The first-order valence-corrected chi connectivity index (χ1v) is 10.4. The molecule has 1 aromatic carbocycles. The summed E-state index contributed by atoms with van der Waals surface area (Å²) in [7, 11) is 0. The first-order valence-electron chi connectivity index (χ1n) is 10.4. The lowest BCUT2D eigenvalue weighted by Gasteiger charge is -2.14. The van der Waals surface area contributed by atoms with Gasteiger partial charge in [0.2, 0.25) is 0 Å². The Balaban J connectivity index is 1.40. The van der Waals surface area contributed by atoms with Gasteiger partial charge in [-0.2, -0.15) is 0 Å². The zero-order chi connectivity index (χ0) is 21.8. The Morgan fingerprint density at radius 2 is 2.00 bits per heavy atom. The zero-order valence-electron chi connectivity index (χ0n) is 17.2. The quantitative estimate of drug-likeness (QED) is 0.346. The summed E-state index contributed by atoms with van der Waals surface area (Å²) in [6.45, 7) is 3.94. The van der Waals surface area contributed by atoms with Crippen LogP contribution in [0.4, 0.5) is 16.2 Å². The predicted molar refractivity (Wildman–Crippen MR) is 120 cm³/mol. The van der Waals surface area contributed by atoms with Crippen molar-refractivity contribution >= 4 is 40.9 Å². The number of carbonyl (C=O) groups excluding carboxylic acids is 3. The average Bonchev–Trinajstić information content (AvgIpc) is 3.47. The maximum Gasteiger partial charge on any atom is 0.316 e. The SMILES string of the molecule is NC(=O)Nc1ccc2c(c1)C(=Cc1cc(C(=O)NCCCN3CCCC3)c[nH]1)C(=O)N2. The largest absolute Gasteiger partial charge is 0.361 e. The number of urea groups is 1. The normalized spacial score (nSPS) is 16.9. The Morgan fingerprint density at radius 3 is 2.77 bits per heavy atom. The first-order chi connectivity index (χ1) is 15.0. The van der Waals surface area contributed by atoms with Crippen molar-refractivity contribution in [1.82, 2.24) is 15.2 Å². The molecule has 0 atom stereocenters. The van der Waals surface area contributed by atoms with Gasteiger partial charge in [0.25, 0.3) is 11.8 Å². The number of aromatic nitrogens is 1. The Hall–Kier alpha value is -3.59. The van der Waals surface area contributed by atoms with Crippen LogP contribution in [0.15, 0.2) is 30.5 Å². The third-order valence-electron chi connectivity index (χ3n) is 5.47. The molecule has 6 N–H and O–H groups in total. The van der Waals surface area contributed by atoms with E-state index in [1.54, 1.807) is 36.5 Å². The highest BCUT2D eigenvalue weighted by Crippen LogP contribution is 2.35. The molecule has 0 spiro atoms. The average molecular weight is 422 g/mol. The lowest BCUT2D eigenvalue weighted by atomic mass is 10.1. The van der Waals surface area contributed by atoms with Crippen LogP contribution in [-0.2, 0) is 4.79 Å². The van der Waals surface area contributed by atoms with Crippen LogP contribution in [0.1, 0.15) is 40.9 Å². The molecule has 31 heavy (non-hydrogen) atoms. The number of nitrogens with two attached hydrogens (primary N) is 1. The predicted octanol–water partition coefficient (Wildman–Crippen LogP) is 2.21. The number of anilines is 2. The number of hydrogen-bond acceptors (Lipinski definition) is 4. The van der Waals surface area contributed by atoms with E-state index in [2.05, 4.69) is 25.8 Å². The van der Waals surface area contributed by atoms with Gasteiger partial charge in [0.15, 0.2) is 0 Å². The number of aromatic amines is 1. The van der Waals surface area contributed by atoms with Crippen molar-refractivity contribution in [2.45, 2.75) is 19.3 Å². The number of hydrogen-bond donors (Lipinski definition) is 5. The monoisotopic (exact) mass is 422 g/mol. The minimum absolute atomic E-state index is 0.147. The molecule has 0 saturated carbocycles. The molecule has 3 heterocycles. The number of likely N-dealkylation sites (tertiary alicyclic amines) is 1. The second kappa shape index (κ2) is 9.05. The zero-order valence-corrected chi connectivity index (χ0v) is 17.2. The van der Waals surface area contributed by atoms with Crippen LogP contribution in [-0.4, -0.2) is 53.9 Å². The van der Waals surface area contributed by atoms with Crippen LogP contribution >= 0.6 is 0 Å². The van der Waals surface area contributed by atoms with Gasteiger partial charge in [-0.25, -0.2) is 4.79 Å². The molecular weight excluding hydrogens is 396 g/mol. The number of benzene rings is 1. The molecular formula is C22H26N6O3. The fourth-order valence-electron chi connectivity index (χ4n) is 3.95. The van der Waals surface area contributed by atoms with Crippen LogP contribution in [0.3, 0.4) is 0 Å². The van der Waals surface area contributed by atoms with E-state index in [0.29, 0.717) is 40.3 Å². The van der Waals surface area contributed by atoms with E-state index in [4.69, 9.17) is 5.73 Å². The Morgan fingerprint density at radius 1 is 1.19 bits per heavy atom. The highest BCUT2D eigenvalue weighted by Gasteiger charge is 2.25. The molecule has 0 radical (unpaired) electrons. The summed E-state index contributed by atoms with van der Waals surface area (Å²) in [5.41, 5.74) is 8.54. The molecule has 2 aromatic rings. The highest BCUT2D eigenvalue weighted by atomic mass is 16.2. The minimum atomic E-state index is -0.678. The van der Waals surface area contributed by atoms with E-state index in [1.165, 1.54) is 12.8 Å². The number of fused-ring (bicyclic) bond motifs is 1. The topological polar surface area (TPSA) is 132 Å². The standard InChI is InChI=1S/C22H26N6O3/c23-22(31)26-15-4-5-19-17(11-15)18(21(30)27-19)12-16-10-14(13-25-16)20(29)24-6-3-9-28-7-1-2-8-28/h4-5,10-13,25H,1-3,6-9H2,(H,24,29)(H,27,30)(H3,23,26,31). The molecule has 0 unspecified atom stereocenters. The molecule has 1 fully saturated rings. The summed E-state index contributed by atoms with van der Waals surface area (Å²) in [6, 6.07) is 6.08. The van der Waals surface area contributed by atoms with Crippen LogP contribution in [0.25, 0.3) is 11.6 Å². The van der Waals surface area contributed by atoms with Gasteiger partial charge >= 0.3 is 6.03 Å². The fraction of sp³-hybridized carbons (Fsp3) is 0.318. The number of rotatable bonds is 7. The molecule has 4 rings (SSSR count). The van der Waals surface area contributed by atoms with Crippen LogP contribution in [0.5, 0.6) is 0 Å². The van der Waals surface area contributed by atoms with Gasteiger partial charge in [-0.15, -0.1) is 0 Å². The van der Waals surface area contributed by atoms with E-state index in [0.717, 1.165) is 26.1 Å². The third-order valence-corrected chi connectivity index (χ3v) is 5.47. The van der Waals surface area contributed by atoms with Crippen LogP contribution in [0.2, 0.25) is 0 Å². The number of primary amides is 1. The second-order valence-corrected chi connectivity index (χ2v) is 7.76. The van der Waals surface area contributed by atoms with Gasteiger partial charge in [0.05, 0.1) is 11.1 Å². The number of amides is 4. The van der Waals surface area contributed by atoms with Gasteiger partial charge in [-0.3, -0.25) is 9.59 Å². The Kier molecular flexibility index (Phi) is 6.03. The summed E-state index contributed by atoms with van der Waals surface area (Å²) in [6.07, 6.45) is 6.75. The summed E-state index contributed by atoms with van der Waals surface area (Å²) >= 11 is 0. The van der Waals surface area contributed by atoms with E-state index in [1.807, 2.05) is 0 Å². The van der Waals surface area contributed by atoms with Gasteiger partial charge < -0.3 is 31.6 Å². The Bertz CT molecular complexity index is 1040. The van der Waals surface area contributed by atoms with Gasteiger partial charge in [0.1, 0.15) is 0 Å². The first kappa shape index (κ1) is 20.7. The van der Waals surface area contributed by atoms with Crippen LogP contribution < -0.4 is 21.7 Å². The number of nitrogens with one attached hydrogen (secondary N) is 4. The van der Waals surface area contributed by atoms with Crippen molar-refractivity contribution < 1.29 is 14.4 Å². The maximum absolute atomic E-state index is 12.4. The van der Waals surface area contributed by atoms with E-state index < -0.39 is 6.03 Å². The van der Waals surface area contributed by atoms with Gasteiger partial charge in [-0.05, 0) is 69.2 Å². The molecule has 0 bridgehead atoms. The number of carbonyl (C=O) groups is 3. The summed E-state index contributed by atoms with van der Waals surface area (Å²) < 4.78 is 0. The molecule has 1 saturated heterocycles. The van der Waals surface area contributed by atoms with Gasteiger partial charge in [-0.1, -0.05) is 0 Å². The van der Waals surface area contributed by atoms with Crippen molar-refractivity contribution in [3.8, 4) is 0 Å². The maximum atomic E-state index is 12.4. The van der Waals surface area contributed by atoms with E-state index >= 15 is 0 Å². The minimum Gasteiger partial charge on any atom is -0.361 e. The molecule has 9 heteroatoms. The van der Waals surface area contributed by atoms with Gasteiger partial charge in [0, 0.05) is 35.4 Å². The molecule has 1 aromatic heterocycles. The molecule has 0 aliphatic carbocycles. The number of H-pyrrole nitrogens is 1. The molecule has 4 amide bonds. The summed E-state index contributed by atoms with van der Waals surface area (Å²) in [4.78, 5) is 41.4. The molecule has 162 valence electrons. The second-order valence-electron chi connectivity index (χ2n) is 7.76. The van der Waals surface area contributed by atoms with Crippen molar-refractivity contribution in [2.75, 3.05) is 36.8 Å². The third kappa shape index (κ3) is 4.95. The van der Waals surface area contributed by atoms with E-state index in [-0.39, 0.29) is 11.8 Å². The van der Waals surface area contributed by atoms with Crippen molar-refractivity contribution in [3.63, 3.8) is 0 Å². The van der Waals surface area contributed by atoms with Crippen molar-refractivity contribution in [3.05, 3.63) is 47.3 Å².